The molecule has 0 aromatic heterocycles. The van der Waals surface area contributed by atoms with E-state index in [2.05, 4.69) is 10.3 Å². The lowest BCUT2D eigenvalue weighted by Crippen LogP contribution is -2.26. The van der Waals surface area contributed by atoms with Crippen molar-refractivity contribution >= 4 is 22.8 Å². The number of hydrogen-bond acceptors (Lipinski definition) is 3. The minimum absolute atomic E-state index is 0.0406. The van der Waals surface area contributed by atoms with Crippen LogP contribution in [0.1, 0.15) is 11.1 Å². The van der Waals surface area contributed by atoms with Crippen molar-refractivity contribution < 1.29 is 9.18 Å². The van der Waals surface area contributed by atoms with Gasteiger partial charge in [-0.3, -0.25) is 9.79 Å². The van der Waals surface area contributed by atoms with Crippen LogP contribution in [0, 0.1) is 5.82 Å². The van der Waals surface area contributed by atoms with Gasteiger partial charge in [-0.1, -0.05) is 54.2 Å². The number of carbonyl (C=O) groups is 1. The molecular formula is C17H15FN2OS. The van der Waals surface area contributed by atoms with Crippen LogP contribution in [0.2, 0.25) is 0 Å². The summed E-state index contributed by atoms with van der Waals surface area (Å²) in [6, 6.07) is 16.1. The Morgan fingerprint density at radius 2 is 1.77 bits per heavy atom. The van der Waals surface area contributed by atoms with E-state index < -0.39 is 0 Å². The number of rotatable bonds is 4. The third-order valence-electron chi connectivity index (χ3n) is 3.36. The minimum atomic E-state index is -0.266. The van der Waals surface area contributed by atoms with Gasteiger partial charge in [0.25, 0.3) is 0 Å². The van der Waals surface area contributed by atoms with E-state index in [4.69, 9.17) is 0 Å². The number of nitrogens with one attached hydrogen (secondary N) is 1. The Kier molecular flexibility index (Phi) is 4.53. The van der Waals surface area contributed by atoms with Gasteiger partial charge in [-0.2, -0.15) is 0 Å². The normalized spacial score (nSPS) is 19.4. The fraction of sp³-hybridized carbons (Fsp3) is 0.176. The molecule has 3 nitrogen and oxygen atoms in total. The van der Waals surface area contributed by atoms with Gasteiger partial charge < -0.3 is 5.32 Å². The average molecular weight is 314 g/mol. The Labute approximate surface area is 132 Å². The molecule has 5 heteroatoms. The minimum Gasteiger partial charge on any atom is -0.304 e. The summed E-state index contributed by atoms with van der Waals surface area (Å²) in [5, 5.41) is 3.25. The predicted octanol–water partition coefficient (Wildman–Crippen LogP) is 3.16. The second-order valence-electron chi connectivity index (χ2n) is 5.03. The highest BCUT2D eigenvalue weighted by Crippen LogP contribution is 2.23. The summed E-state index contributed by atoms with van der Waals surface area (Å²) >= 11 is 1.43. The Morgan fingerprint density at radius 1 is 1.05 bits per heavy atom. The molecule has 22 heavy (non-hydrogen) atoms. The summed E-state index contributed by atoms with van der Waals surface area (Å²) in [6.07, 6.45) is 0.571. The maximum atomic E-state index is 12.9. The number of carbonyl (C=O) groups excluding carboxylic acids is 1. The topological polar surface area (TPSA) is 41.5 Å². The van der Waals surface area contributed by atoms with E-state index in [1.807, 2.05) is 30.3 Å². The van der Waals surface area contributed by atoms with Crippen LogP contribution in [0.15, 0.2) is 59.6 Å². The third kappa shape index (κ3) is 3.74. The Balaban J connectivity index is 1.61. The summed E-state index contributed by atoms with van der Waals surface area (Å²) < 4.78 is 12.9. The van der Waals surface area contributed by atoms with E-state index in [1.54, 1.807) is 12.1 Å². The zero-order valence-electron chi connectivity index (χ0n) is 11.8. The molecule has 1 atom stereocenters. The van der Waals surface area contributed by atoms with Crippen LogP contribution >= 0.6 is 11.8 Å². The summed E-state index contributed by atoms with van der Waals surface area (Å²) in [5.41, 5.74) is 2.05. The number of benzene rings is 2. The molecule has 1 aliphatic rings. The maximum absolute atomic E-state index is 12.9. The van der Waals surface area contributed by atoms with E-state index in [0.29, 0.717) is 18.1 Å². The Hall–Kier alpha value is -2.14. The van der Waals surface area contributed by atoms with Crippen molar-refractivity contribution in [2.24, 2.45) is 4.99 Å². The monoisotopic (exact) mass is 314 g/mol. The molecule has 1 unspecified atom stereocenters. The van der Waals surface area contributed by atoms with Gasteiger partial charge in [0, 0.05) is 0 Å². The van der Waals surface area contributed by atoms with Crippen molar-refractivity contribution in [3.63, 3.8) is 0 Å². The predicted molar refractivity (Wildman–Crippen MR) is 87.2 cm³/mol. The van der Waals surface area contributed by atoms with Gasteiger partial charge in [-0.15, -0.1) is 0 Å². The molecule has 2 aromatic carbocycles. The molecule has 112 valence electrons. The van der Waals surface area contributed by atoms with Crippen molar-refractivity contribution in [2.75, 3.05) is 0 Å². The third-order valence-corrected chi connectivity index (χ3v) is 4.48. The number of amidine groups is 1. The fourth-order valence-corrected chi connectivity index (χ4v) is 3.21. The standard InChI is InChI=1S/C17H15FN2OS/c18-14-8-6-12(7-9-14)10-15-16(21)20-17(22-15)19-11-13-4-2-1-3-5-13/h1-9,15H,10-11H2,(H,19,20,21). The van der Waals surface area contributed by atoms with Gasteiger partial charge in [0.1, 0.15) is 5.82 Å². The zero-order valence-corrected chi connectivity index (χ0v) is 12.6. The van der Waals surface area contributed by atoms with Gasteiger partial charge in [0.15, 0.2) is 5.17 Å². The van der Waals surface area contributed by atoms with E-state index in [-0.39, 0.29) is 17.0 Å². The van der Waals surface area contributed by atoms with E-state index in [9.17, 15) is 9.18 Å². The smallest absolute Gasteiger partial charge is 0.239 e. The van der Waals surface area contributed by atoms with Gasteiger partial charge in [-0.25, -0.2) is 4.39 Å². The number of halogens is 1. The maximum Gasteiger partial charge on any atom is 0.239 e. The molecule has 3 rings (SSSR count). The van der Waals surface area contributed by atoms with Crippen molar-refractivity contribution in [1.29, 1.82) is 0 Å². The van der Waals surface area contributed by atoms with Crippen LogP contribution in [0.3, 0.4) is 0 Å². The van der Waals surface area contributed by atoms with Crippen LogP contribution in [0.4, 0.5) is 4.39 Å². The lowest BCUT2D eigenvalue weighted by molar-refractivity contribution is -0.118. The number of aliphatic imine (C=N–C) groups is 1. The van der Waals surface area contributed by atoms with Crippen molar-refractivity contribution in [3.8, 4) is 0 Å². The molecule has 1 amide bonds. The van der Waals surface area contributed by atoms with Crippen LogP contribution in [0.25, 0.3) is 0 Å². The van der Waals surface area contributed by atoms with Crippen LogP contribution in [0.5, 0.6) is 0 Å². The Bertz CT molecular complexity index is 686. The molecule has 2 aromatic rings. The second kappa shape index (κ2) is 6.75. The average Bonchev–Trinajstić information content (AvgIpc) is 2.89. The number of amides is 1. The molecule has 1 N–H and O–H groups in total. The van der Waals surface area contributed by atoms with E-state index in [1.165, 1.54) is 23.9 Å². The van der Waals surface area contributed by atoms with E-state index in [0.717, 1.165) is 11.1 Å². The molecule has 0 aliphatic carbocycles. The molecule has 1 fully saturated rings. The van der Waals surface area contributed by atoms with Crippen LogP contribution < -0.4 is 5.32 Å². The summed E-state index contributed by atoms with van der Waals surface area (Å²) in [7, 11) is 0. The first-order valence-electron chi connectivity index (χ1n) is 7.01. The highest BCUT2D eigenvalue weighted by atomic mass is 32.2. The van der Waals surface area contributed by atoms with Crippen molar-refractivity contribution in [1.82, 2.24) is 5.32 Å². The first-order valence-corrected chi connectivity index (χ1v) is 7.89. The quantitative estimate of drug-likeness (QED) is 0.942. The summed E-state index contributed by atoms with van der Waals surface area (Å²) in [4.78, 5) is 16.4. The largest absolute Gasteiger partial charge is 0.304 e. The number of nitrogens with zero attached hydrogens (tertiary/aromatic N) is 1. The van der Waals surface area contributed by atoms with Gasteiger partial charge in [-0.05, 0) is 29.7 Å². The molecular weight excluding hydrogens is 299 g/mol. The SMILES string of the molecule is O=C1NC(=NCc2ccccc2)SC1Cc1ccc(F)cc1. The number of hydrogen-bond donors (Lipinski definition) is 1. The summed E-state index contributed by atoms with van der Waals surface area (Å²) in [6.45, 7) is 0.548. The molecule has 1 aliphatic heterocycles. The van der Waals surface area contributed by atoms with Crippen LogP contribution in [-0.2, 0) is 17.8 Å². The first-order chi connectivity index (χ1) is 10.7. The lowest BCUT2D eigenvalue weighted by Gasteiger charge is -2.04. The van der Waals surface area contributed by atoms with Gasteiger partial charge in [0.2, 0.25) is 5.91 Å². The van der Waals surface area contributed by atoms with Crippen molar-refractivity contribution in [3.05, 3.63) is 71.5 Å². The van der Waals surface area contributed by atoms with Gasteiger partial charge in [0.05, 0.1) is 11.8 Å². The molecule has 1 heterocycles. The first kappa shape index (κ1) is 14.8. The second-order valence-corrected chi connectivity index (χ2v) is 6.22. The summed E-state index contributed by atoms with van der Waals surface area (Å²) in [5.74, 6) is -0.307. The van der Waals surface area contributed by atoms with E-state index >= 15 is 0 Å². The van der Waals surface area contributed by atoms with Crippen molar-refractivity contribution in [2.45, 2.75) is 18.2 Å². The highest BCUT2D eigenvalue weighted by Gasteiger charge is 2.30. The highest BCUT2D eigenvalue weighted by molar-refractivity contribution is 8.15. The molecule has 0 spiro atoms. The molecule has 1 saturated heterocycles. The lowest BCUT2D eigenvalue weighted by atomic mass is 10.1. The zero-order chi connectivity index (χ0) is 15.4. The molecule has 0 saturated carbocycles. The molecule has 0 radical (unpaired) electrons. The number of thioether (sulfide) groups is 1. The van der Waals surface area contributed by atoms with Crippen LogP contribution in [-0.4, -0.2) is 16.3 Å². The fourth-order valence-electron chi connectivity index (χ4n) is 2.20. The molecule has 0 bridgehead atoms. The van der Waals surface area contributed by atoms with Gasteiger partial charge >= 0.3 is 0 Å². The Morgan fingerprint density at radius 3 is 2.50 bits per heavy atom.